The van der Waals surface area contributed by atoms with E-state index in [4.69, 9.17) is 0 Å². The minimum atomic E-state index is 0.793. The third kappa shape index (κ3) is 2.24. The van der Waals surface area contributed by atoms with Gasteiger partial charge in [-0.1, -0.05) is 34.1 Å². The minimum Gasteiger partial charge on any atom is -0.0628 e. The van der Waals surface area contributed by atoms with Crippen LogP contribution < -0.4 is 0 Å². The van der Waals surface area contributed by atoms with E-state index in [9.17, 15) is 0 Å². The second kappa shape index (κ2) is 3.79. The lowest BCUT2D eigenvalue weighted by molar-refractivity contribution is -0.115. The van der Waals surface area contributed by atoms with Gasteiger partial charge in [0, 0.05) is 0 Å². The largest absolute Gasteiger partial charge is 0.0628 e. The maximum absolute atomic E-state index is 2.39. The predicted octanol–water partition coefficient (Wildman–Crippen LogP) is 5.03. The highest BCUT2D eigenvalue weighted by Gasteiger charge is 2.56. The van der Waals surface area contributed by atoms with Crippen molar-refractivity contribution in [2.45, 2.75) is 72.6 Å². The molecule has 3 saturated carbocycles. The predicted molar refractivity (Wildman–Crippen MR) is 66.9 cm³/mol. The highest BCUT2D eigenvalue weighted by atomic mass is 14.6. The summed E-state index contributed by atoms with van der Waals surface area (Å²) in [6, 6.07) is 0. The maximum Gasteiger partial charge on any atom is -0.0284 e. The van der Waals surface area contributed by atoms with Gasteiger partial charge in [-0.15, -0.1) is 0 Å². The van der Waals surface area contributed by atoms with Gasteiger partial charge in [0.1, 0.15) is 0 Å². The molecule has 88 valence electrons. The number of hydrogen-bond acceptors (Lipinski definition) is 0. The van der Waals surface area contributed by atoms with Gasteiger partial charge in [0.05, 0.1) is 0 Å². The van der Waals surface area contributed by atoms with Gasteiger partial charge in [0.15, 0.2) is 0 Å². The second-order valence-electron chi connectivity index (χ2n) is 7.40. The lowest BCUT2D eigenvalue weighted by Crippen LogP contribution is -2.51. The third-order valence-corrected chi connectivity index (χ3v) is 4.60. The molecule has 0 heterocycles. The zero-order chi connectivity index (χ0) is 11.1. The monoisotopic (exact) mass is 208 g/mol. The molecule has 0 spiro atoms. The topological polar surface area (TPSA) is 0 Å². The highest BCUT2D eigenvalue weighted by molar-refractivity contribution is 5.07. The van der Waals surface area contributed by atoms with Crippen LogP contribution >= 0.6 is 0 Å². The molecule has 0 N–H and O–H groups in total. The molecule has 0 unspecified atom stereocenters. The van der Waals surface area contributed by atoms with Gasteiger partial charge in [0.25, 0.3) is 0 Å². The number of fused-ring (bicyclic) bond motifs is 2. The molecule has 0 aromatic heterocycles. The first-order valence-corrected chi connectivity index (χ1v) is 6.95. The standard InChI is InChI=1S/C15H28/c1-12(2)8-14-6-5-7-15(10-14,11-14)9-13(3)4/h12-13H,5-11H2,1-4H3. The molecule has 15 heavy (non-hydrogen) atoms. The van der Waals surface area contributed by atoms with Crippen LogP contribution in [0.1, 0.15) is 72.6 Å². The Hall–Kier alpha value is 0. The summed E-state index contributed by atoms with van der Waals surface area (Å²) in [6.45, 7) is 9.58. The molecule has 2 bridgehead atoms. The van der Waals surface area contributed by atoms with Crippen molar-refractivity contribution in [1.29, 1.82) is 0 Å². The average Bonchev–Trinajstić information content (AvgIpc) is 1.98. The summed E-state index contributed by atoms with van der Waals surface area (Å²) < 4.78 is 0. The fourth-order valence-corrected chi connectivity index (χ4v) is 4.96. The number of hydrogen-bond donors (Lipinski definition) is 0. The first-order chi connectivity index (χ1) is 6.95. The summed E-state index contributed by atoms with van der Waals surface area (Å²) in [5, 5.41) is 0. The van der Waals surface area contributed by atoms with E-state index >= 15 is 0 Å². The quantitative estimate of drug-likeness (QED) is 0.608. The summed E-state index contributed by atoms with van der Waals surface area (Å²) in [6.07, 6.45) is 10.7. The van der Waals surface area contributed by atoms with E-state index in [1.165, 1.54) is 32.1 Å². The Morgan fingerprint density at radius 3 is 1.53 bits per heavy atom. The SMILES string of the molecule is CC(C)CC12CCCC(CC(C)C)(C1)C2. The van der Waals surface area contributed by atoms with E-state index in [2.05, 4.69) is 27.7 Å². The molecular weight excluding hydrogens is 180 g/mol. The molecule has 0 aromatic carbocycles. The van der Waals surface area contributed by atoms with E-state index in [0.29, 0.717) is 0 Å². The molecule has 3 aliphatic rings. The molecule has 0 nitrogen and oxygen atoms in total. The van der Waals surface area contributed by atoms with Crippen LogP contribution in [0.3, 0.4) is 0 Å². The first-order valence-electron chi connectivity index (χ1n) is 6.95. The fourth-order valence-electron chi connectivity index (χ4n) is 4.96. The molecule has 3 rings (SSSR count). The van der Waals surface area contributed by atoms with Crippen molar-refractivity contribution in [1.82, 2.24) is 0 Å². The summed E-state index contributed by atoms with van der Waals surface area (Å²) in [7, 11) is 0. The average molecular weight is 208 g/mol. The molecule has 0 saturated heterocycles. The van der Waals surface area contributed by atoms with Crippen molar-refractivity contribution in [2.75, 3.05) is 0 Å². The van der Waals surface area contributed by atoms with Crippen LogP contribution in [0.25, 0.3) is 0 Å². The van der Waals surface area contributed by atoms with Gasteiger partial charge in [0.2, 0.25) is 0 Å². The van der Waals surface area contributed by atoms with Gasteiger partial charge in [-0.05, 0) is 61.2 Å². The van der Waals surface area contributed by atoms with Crippen LogP contribution in [0, 0.1) is 22.7 Å². The van der Waals surface area contributed by atoms with Gasteiger partial charge < -0.3 is 0 Å². The van der Waals surface area contributed by atoms with Crippen LogP contribution in [0.2, 0.25) is 0 Å². The van der Waals surface area contributed by atoms with Crippen LogP contribution in [-0.4, -0.2) is 0 Å². The molecule has 0 aromatic rings. The van der Waals surface area contributed by atoms with Crippen molar-refractivity contribution < 1.29 is 0 Å². The molecule has 0 aliphatic heterocycles. The Bertz CT molecular complexity index is 196. The minimum absolute atomic E-state index is 0.793. The smallest absolute Gasteiger partial charge is 0.0284 e. The summed E-state index contributed by atoms with van der Waals surface area (Å²) in [5.41, 5.74) is 1.59. The van der Waals surface area contributed by atoms with Crippen LogP contribution in [0.4, 0.5) is 0 Å². The molecule has 0 atom stereocenters. The van der Waals surface area contributed by atoms with Crippen LogP contribution in [0.15, 0.2) is 0 Å². The second-order valence-corrected chi connectivity index (χ2v) is 7.40. The molecular formula is C15H28. The molecule has 0 heteroatoms. The van der Waals surface area contributed by atoms with Crippen molar-refractivity contribution in [3.63, 3.8) is 0 Å². The fraction of sp³-hybridized carbons (Fsp3) is 1.00. The lowest BCUT2D eigenvalue weighted by Gasteiger charge is -2.62. The van der Waals surface area contributed by atoms with E-state index in [0.717, 1.165) is 22.7 Å². The van der Waals surface area contributed by atoms with Crippen molar-refractivity contribution >= 4 is 0 Å². The zero-order valence-corrected chi connectivity index (χ0v) is 11.1. The van der Waals surface area contributed by atoms with E-state index in [1.54, 1.807) is 12.8 Å². The maximum atomic E-state index is 2.39. The molecule has 3 aliphatic carbocycles. The highest BCUT2D eigenvalue weighted by Crippen LogP contribution is 2.67. The molecule has 0 amide bonds. The van der Waals surface area contributed by atoms with E-state index in [-0.39, 0.29) is 0 Å². The first kappa shape index (κ1) is 11.5. The van der Waals surface area contributed by atoms with Gasteiger partial charge in [-0.2, -0.15) is 0 Å². The Balaban J connectivity index is 1.95. The van der Waals surface area contributed by atoms with Gasteiger partial charge in [-0.3, -0.25) is 0 Å². The van der Waals surface area contributed by atoms with Gasteiger partial charge in [-0.25, -0.2) is 0 Å². The van der Waals surface area contributed by atoms with Crippen LogP contribution in [-0.2, 0) is 0 Å². The Morgan fingerprint density at radius 2 is 1.20 bits per heavy atom. The summed E-state index contributed by atoms with van der Waals surface area (Å²) in [4.78, 5) is 0. The Morgan fingerprint density at radius 1 is 0.800 bits per heavy atom. The van der Waals surface area contributed by atoms with E-state index < -0.39 is 0 Å². The van der Waals surface area contributed by atoms with Crippen molar-refractivity contribution in [3.05, 3.63) is 0 Å². The third-order valence-electron chi connectivity index (χ3n) is 4.60. The Labute approximate surface area is 95.8 Å². The number of rotatable bonds is 4. The summed E-state index contributed by atoms with van der Waals surface area (Å²) in [5.74, 6) is 1.81. The zero-order valence-electron chi connectivity index (χ0n) is 11.1. The van der Waals surface area contributed by atoms with Gasteiger partial charge >= 0.3 is 0 Å². The molecule has 3 fully saturated rings. The van der Waals surface area contributed by atoms with E-state index in [1.807, 2.05) is 0 Å². The van der Waals surface area contributed by atoms with Crippen molar-refractivity contribution in [3.8, 4) is 0 Å². The Kier molecular flexibility index (Phi) is 2.90. The van der Waals surface area contributed by atoms with Crippen molar-refractivity contribution in [2.24, 2.45) is 22.7 Å². The molecule has 0 radical (unpaired) electrons. The summed E-state index contributed by atoms with van der Waals surface area (Å²) >= 11 is 0. The van der Waals surface area contributed by atoms with Crippen LogP contribution in [0.5, 0.6) is 0 Å². The normalized spacial score (nSPS) is 39.6. The lowest BCUT2D eigenvalue weighted by atomic mass is 9.43.